The summed E-state index contributed by atoms with van der Waals surface area (Å²) in [7, 11) is 0. The lowest BCUT2D eigenvalue weighted by Gasteiger charge is -2.22. The van der Waals surface area contributed by atoms with Gasteiger partial charge in [0.05, 0.1) is 0 Å². The summed E-state index contributed by atoms with van der Waals surface area (Å²) in [5.41, 5.74) is 2.61. The van der Waals surface area contributed by atoms with Gasteiger partial charge in [0.1, 0.15) is 17.5 Å². The third-order valence-corrected chi connectivity index (χ3v) is 4.48. The first-order valence-corrected chi connectivity index (χ1v) is 8.61. The minimum atomic E-state index is 0.794. The summed E-state index contributed by atoms with van der Waals surface area (Å²) >= 11 is 0. The van der Waals surface area contributed by atoms with E-state index in [2.05, 4.69) is 57.4 Å². The second-order valence-electron chi connectivity index (χ2n) is 6.34. The molecule has 2 heterocycles. The predicted molar refractivity (Wildman–Crippen MR) is 96.0 cm³/mol. The van der Waals surface area contributed by atoms with Crippen LogP contribution in [0, 0.1) is 13.8 Å². The van der Waals surface area contributed by atoms with Crippen LogP contribution in [-0.4, -0.2) is 23.1 Å². The average molecular weight is 310 g/mol. The second kappa shape index (κ2) is 7.44. The highest BCUT2D eigenvalue weighted by molar-refractivity contribution is 5.50. The lowest BCUT2D eigenvalue weighted by Crippen LogP contribution is -2.25. The monoisotopic (exact) mass is 310 g/mol. The Morgan fingerprint density at radius 2 is 1.74 bits per heavy atom. The molecule has 0 amide bonds. The lowest BCUT2D eigenvalue weighted by molar-refractivity contribution is 0.726. The van der Waals surface area contributed by atoms with Crippen molar-refractivity contribution in [3.8, 4) is 0 Å². The van der Waals surface area contributed by atoms with Crippen molar-refractivity contribution in [2.45, 2.75) is 46.1 Å². The van der Waals surface area contributed by atoms with Crippen molar-refractivity contribution in [3.05, 3.63) is 47.3 Å². The molecule has 1 N–H and O–H groups in total. The standard InChI is InChI=1S/C19H26N4/c1-15-9-5-6-10-17(15)14-20-18-13-19(22-16(2)21-18)23-11-7-3-4-8-12-23/h5-6,9-10,13H,3-4,7-8,11-12,14H2,1-2H3,(H,20,21,22). The number of hydrogen-bond donors (Lipinski definition) is 1. The Morgan fingerprint density at radius 3 is 2.48 bits per heavy atom. The van der Waals surface area contributed by atoms with Gasteiger partial charge in [0.25, 0.3) is 0 Å². The van der Waals surface area contributed by atoms with E-state index in [4.69, 9.17) is 0 Å². The van der Waals surface area contributed by atoms with E-state index >= 15 is 0 Å². The number of aryl methyl sites for hydroxylation is 2. The molecule has 23 heavy (non-hydrogen) atoms. The smallest absolute Gasteiger partial charge is 0.134 e. The molecule has 0 atom stereocenters. The van der Waals surface area contributed by atoms with Gasteiger partial charge >= 0.3 is 0 Å². The van der Waals surface area contributed by atoms with Crippen LogP contribution in [0.5, 0.6) is 0 Å². The number of benzene rings is 1. The van der Waals surface area contributed by atoms with Gasteiger partial charge in [0, 0.05) is 25.7 Å². The molecular weight excluding hydrogens is 284 g/mol. The van der Waals surface area contributed by atoms with Gasteiger partial charge in [-0.25, -0.2) is 9.97 Å². The fourth-order valence-corrected chi connectivity index (χ4v) is 3.10. The third kappa shape index (κ3) is 4.21. The number of nitrogens with zero attached hydrogens (tertiary/aromatic N) is 3. The molecule has 1 aromatic heterocycles. The lowest BCUT2D eigenvalue weighted by atomic mass is 10.1. The third-order valence-electron chi connectivity index (χ3n) is 4.48. The molecule has 0 bridgehead atoms. The van der Waals surface area contributed by atoms with Crippen molar-refractivity contribution >= 4 is 11.6 Å². The normalized spacial score (nSPS) is 15.3. The highest BCUT2D eigenvalue weighted by Gasteiger charge is 2.13. The zero-order valence-electron chi connectivity index (χ0n) is 14.2. The molecule has 0 saturated carbocycles. The van der Waals surface area contributed by atoms with Crippen LogP contribution in [0.2, 0.25) is 0 Å². The van der Waals surface area contributed by atoms with E-state index in [-0.39, 0.29) is 0 Å². The molecule has 0 spiro atoms. The Balaban J connectivity index is 1.73. The molecule has 0 radical (unpaired) electrons. The summed E-state index contributed by atoms with van der Waals surface area (Å²) in [6.07, 6.45) is 5.18. The van der Waals surface area contributed by atoms with Crippen LogP contribution >= 0.6 is 0 Å². The van der Waals surface area contributed by atoms with Crippen LogP contribution < -0.4 is 10.2 Å². The fourth-order valence-electron chi connectivity index (χ4n) is 3.10. The van der Waals surface area contributed by atoms with Gasteiger partial charge in [-0.1, -0.05) is 37.1 Å². The maximum atomic E-state index is 4.65. The van der Waals surface area contributed by atoms with Gasteiger partial charge < -0.3 is 10.2 Å². The summed E-state index contributed by atoms with van der Waals surface area (Å²) in [6.45, 7) is 7.12. The summed E-state index contributed by atoms with van der Waals surface area (Å²) in [5, 5.41) is 3.46. The van der Waals surface area contributed by atoms with Crippen LogP contribution in [-0.2, 0) is 6.54 Å². The predicted octanol–water partition coefficient (Wildman–Crippen LogP) is 4.09. The molecule has 0 aliphatic carbocycles. The summed E-state index contributed by atoms with van der Waals surface area (Å²) in [5.74, 6) is 2.81. The topological polar surface area (TPSA) is 41.1 Å². The highest BCUT2D eigenvalue weighted by atomic mass is 15.2. The van der Waals surface area contributed by atoms with E-state index in [1.165, 1.54) is 36.8 Å². The number of aromatic nitrogens is 2. The van der Waals surface area contributed by atoms with Crippen molar-refractivity contribution in [2.75, 3.05) is 23.3 Å². The van der Waals surface area contributed by atoms with Crippen molar-refractivity contribution in [3.63, 3.8) is 0 Å². The van der Waals surface area contributed by atoms with Gasteiger partial charge in [-0.15, -0.1) is 0 Å². The zero-order chi connectivity index (χ0) is 16.1. The molecule has 3 rings (SSSR count). The van der Waals surface area contributed by atoms with Crippen LogP contribution in [0.25, 0.3) is 0 Å². The molecule has 1 aromatic carbocycles. The minimum absolute atomic E-state index is 0.794. The molecule has 1 fully saturated rings. The van der Waals surface area contributed by atoms with Crippen LogP contribution in [0.1, 0.15) is 42.6 Å². The van der Waals surface area contributed by atoms with Crippen molar-refractivity contribution in [1.29, 1.82) is 0 Å². The minimum Gasteiger partial charge on any atom is -0.366 e. The Kier molecular flexibility index (Phi) is 5.11. The molecule has 1 aliphatic rings. The first kappa shape index (κ1) is 15.8. The van der Waals surface area contributed by atoms with E-state index in [1.807, 2.05) is 6.92 Å². The zero-order valence-corrected chi connectivity index (χ0v) is 14.2. The Labute approximate surface area is 139 Å². The quantitative estimate of drug-likeness (QED) is 0.923. The van der Waals surface area contributed by atoms with Gasteiger partial charge in [0.2, 0.25) is 0 Å². The van der Waals surface area contributed by atoms with Gasteiger partial charge in [-0.3, -0.25) is 0 Å². The average Bonchev–Trinajstić information content (AvgIpc) is 2.83. The maximum Gasteiger partial charge on any atom is 0.134 e. The van der Waals surface area contributed by atoms with E-state index in [0.29, 0.717) is 0 Å². The molecule has 0 unspecified atom stereocenters. The fraction of sp³-hybridized carbons (Fsp3) is 0.474. The largest absolute Gasteiger partial charge is 0.366 e. The number of hydrogen-bond acceptors (Lipinski definition) is 4. The van der Waals surface area contributed by atoms with E-state index < -0.39 is 0 Å². The van der Waals surface area contributed by atoms with Crippen LogP contribution in [0.3, 0.4) is 0 Å². The van der Waals surface area contributed by atoms with Crippen LogP contribution in [0.4, 0.5) is 11.6 Å². The maximum absolute atomic E-state index is 4.65. The first-order chi connectivity index (χ1) is 11.2. The molecular formula is C19H26N4. The van der Waals surface area contributed by atoms with Gasteiger partial charge in [0.15, 0.2) is 0 Å². The SMILES string of the molecule is Cc1nc(NCc2ccccc2C)cc(N2CCCCCC2)n1. The number of nitrogens with one attached hydrogen (secondary N) is 1. The summed E-state index contributed by atoms with van der Waals surface area (Å²) < 4.78 is 0. The second-order valence-corrected chi connectivity index (χ2v) is 6.34. The molecule has 2 aromatic rings. The summed E-state index contributed by atoms with van der Waals surface area (Å²) in [6, 6.07) is 10.6. The Hall–Kier alpha value is -2.10. The Morgan fingerprint density at radius 1 is 1.00 bits per heavy atom. The molecule has 4 heteroatoms. The van der Waals surface area contributed by atoms with Crippen molar-refractivity contribution < 1.29 is 0 Å². The van der Waals surface area contributed by atoms with E-state index in [0.717, 1.165) is 37.1 Å². The van der Waals surface area contributed by atoms with Crippen molar-refractivity contribution in [2.24, 2.45) is 0 Å². The molecule has 1 saturated heterocycles. The first-order valence-electron chi connectivity index (χ1n) is 8.61. The molecule has 122 valence electrons. The number of rotatable bonds is 4. The Bertz CT molecular complexity index is 646. The highest BCUT2D eigenvalue weighted by Crippen LogP contribution is 2.20. The molecule has 1 aliphatic heterocycles. The van der Waals surface area contributed by atoms with E-state index in [9.17, 15) is 0 Å². The van der Waals surface area contributed by atoms with Crippen molar-refractivity contribution in [1.82, 2.24) is 9.97 Å². The van der Waals surface area contributed by atoms with Gasteiger partial charge in [-0.05, 0) is 37.8 Å². The molecule has 4 nitrogen and oxygen atoms in total. The van der Waals surface area contributed by atoms with Crippen LogP contribution in [0.15, 0.2) is 30.3 Å². The van der Waals surface area contributed by atoms with E-state index in [1.54, 1.807) is 0 Å². The van der Waals surface area contributed by atoms with Gasteiger partial charge in [-0.2, -0.15) is 0 Å². The number of anilines is 2. The summed E-state index contributed by atoms with van der Waals surface area (Å²) in [4.78, 5) is 11.6.